The Kier molecular flexibility index (Phi) is 3.21. The maximum absolute atomic E-state index is 5.96. The first kappa shape index (κ1) is 10.4. The molecule has 1 rings (SSSR count). The molecule has 0 aromatic carbocycles. The Hall–Kier alpha value is -0.690. The van der Waals surface area contributed by atoms with Gasteiger partial charge in [-0.15, -0.1) is 11.6 Å². The van der Waals surface area contributed by atoms with Crippen LogP contribution in [0.3, 0.4) is 0 Å². The van der Waals surface area contributed by atoms with E-state index in [2.05, 4.69) is 37.9 Å². The van der Waals surface area contributed by atoms with Gasteiger partial charge in [-0.1, -0.05) is 11.6 Å². The molecule has 0 saturated carbocycles. The fourth-order valence-corrected chi connectivity index (χ4v) is 1.32. The third kappa shape index (κ3) is 2.63. The predicted octanol–water partition coefficient (Wildman–Crippen LogP) is 3.66. The molecule has 2 heteroatoms. The van der Waals surface area contributed by atoms with E-state index in [4.69, 9.17) is 11.6 Å². The molecular formula is C11H16ClN. The Bertz CT molecular complexity index is 321. The van der Waals surface area contributed by atoms with Crippen LogP contribution in [0, 0.1) is 13.8 Å². The van der Waals surface area contributed by atoms with E-state index < -0.39 is 0 Å². The molecule has 0 aliphatic rings. The summed E-state index contributed by atoms with van der Waals surface area (Å²) in [5, 5.41) is 0.106. The van der Waals surface area contributed by atoms with Gasteiger partial charge in [-0.2, -0.15) is 0 Å². The number of halogens is 1. The van der Waals surface area contributed by atoms with Gasteiger partial charge in [-0.3, -0.25) is 0 Å². The largest absolute Gasteiger partial charge is 0.362 e. The Morgan fingerprint density at radius 1 is 1.54 bits per heavy atom. The van der Waals surface area contributed by atoms with Gasteiger partial charge < -0.3 is 4.98 Å². The second-order valence-corrected chi connectivity index (χ2v) is 4.19. The molecule has 0 aliphatic carbocycles. The summed E-state index contributed by atoms with van der Waals surface area (Å²) in [4.78, 5) is 3.26. The van der Waals surface area contributed by atoms with Crippen LogP contribution in [0.2, 0.25) is 0 Å². The summed E-state index contributed by atoms with van der Waals surface area (Å²) in [6.45, 7) is 8.18. The second kappa shape index (κ2) is 4.01. The highest BCUT2D eigenvalue weighted by Gasteiger charge is 2.02. The van der Waals surface area contributed by atoms with E-state index in [0.29, 0.717) is 0 Å². The molecule has 13 heavy (non-hydrogen) atoms. The van der Waals surface area contributed by atoms with Crippen molar-refractivity contribution in [1.82, 2.24) is 4.98 Å². The van der Waals surface area contributed by atoms with Gasteiger partial charge in [0.1, 0.15) is 0 Å². The van der Waals surface area contributed by atoms with E-state index in [-0.39, 0.29) is 5.38 Å². The number of alkyl halides is 1. The van der Waals surface area contributed by atoms with Crippen molar-refractivity contribution in [3.8, 4) is 0 Å². The van der Waals surface area contributed by atoms with E-state index in [9.17, 15) is 0 Å². The fraction of sp³-hybridized carbons (Fsp3) is 0.455. The van der Waals surface area contributed by atoms with E-state index >= 15 is 0 Å². The Balaban J connectivity index is 2.96. The third-order valence-corrected chi connectivity index (χ3v) is 2.54. The number of nitrogens with one attached hydrogen (secondary N) is 1. The summed E-state index contributed by atoms with van der Waals surface area (Å²) in [7, 11) is 0. The van der Waals surface area contributed by atoms with Crippen molar-refractivity contribution in [2.24, 2.45) is 0 Å². The summed E-state index contributed by atoms with van der Waals surface area (Å²) in [5.74, 6) is 0. The minimum Gasteiger partial charge on any atom is -0.362 e. The minimum absolute atomic E-state index is 0.106. The van der Waals surface area contributed by atoms with Crippen LogP contribution in [0.25, 0.3) is 6.08 Å². The van der Waals surface area contributed by atoms with E-state index in [1.807, 2.05) is 6.92 Å². The SMILES string of the molecule is C/C(=C\c1cc(C)[nH]c1C)C(C)Cl. The van der Waals surface area contributed by atoms with Gasteiger partial charge in [-0.05, 0) is 39.3 Å². The summed E-state index contributed by atoms with van der Waals surface area (Å²) in [6, 6.07) is 2.14. The van der Waals surface area contributed by atoms with Crippen molar-refractivity contribution < 1.29 is 0 Å². The molecule has 1 nitrogen and oxygen atoms in total. The molecule has 1 N–H and O–H groups in total. The van der Waals surface area contributed by atoms with Crippen LogP contribution in [0.4, 0.5) is 0 Å². The first-order chi connectivity index (χ1) is 6.00. The average molecular weight is 198 g/mol. The van der Waals surface area contributed by atoms with E-state index in [0.717, 1.165) is 0 Å². The van der Waals surface area contributed by atoms with Gasteiger partial charge >= 0.3 is 0 Å². The molecule has 1 unspecified atom stereocenters. The first-order valence-corrected chi connectivity index (χ1v) is 4.93. The molecule has 0 aliphatic heterocycles. The molecular weight excluding hydrogens is 182 g/mol. The number of aromatic amines is 1. The molecule has 0 amide bonds. The highest BCUT2D eigenvalue weighted by atomic mass is 35.5. The molecule has 1 atom stereocenters. The van der Waals surface area contributed by atoms with Crippen LogP contribution in [0.1, 0.15) is 30.8 Å². The Morgan fingerprint density at radius 2 is 2.15 bits per heavy atom. The summed E-state index contributed by atoms with van der Waals surface area (Å²) in [6.07, 6.45) is 2.14. The molecule has 0 bridgehead atoms. The van der Waals surface area contributed by atoms with Gasteiger partial charge in [0.05, 0.1) is 5.38 Å². The lowest BCUT2D eigenvalue weighted by atomic mass is 10.1. The lowest BCUT2D eigenvalue weighted by Crippen LogP contribution is -1.91. The summed E-state index contributed by atoms with van der Waals surface area (Å²) in [5.41, 5.74) is 4.83. The van der Waals surface area contributed by atoms with Gasteiger partial charge in [0, 0.05) is 11.4 Å². The molecule has 0 radical (unpaired) electrons. The van der Waals surface area contributed by atoms with E-state index in [1.54, 1.807) is 0 Å². The molecule has 1 aromatic heterocycles. The zero-order valence-electron chi connectivity index (χ0n) is 8.61. The molecule has 0 saturated heterocycles. The number of aromatic nitrogens is 1. The Labute approximate surface area is 84.8 Å². The van der Waals surface area contributed by atoms with Crippen molar-refractivity contribution in [2.75, 3.05) is 0 Å². The van der Waals surface area contributed by atoms with Crippen LogP contribution in [-0.2, 0) is 0 Å². The number of rotatable bonds is 2. The van der Waals surface area contributed by atoms with Gasteiger partial charge in [0.15, 0.2) is 0 Å². The average Bonchev–Trinajstić information content (AvgIpc) is 2.30. The van der Waals surface area contributed by atoms with Crippen molar-refractivity contribution in [1.29, 1.82) is 0 Å². The highest BCUT2D eigenvalue weighted by Crippen LogP contribution is 2.17. The molecule has 0 fully saturated rings. The number of H-pyrrole nitrogens is 1. The van der Waals surface area contributed by atoms with Gasteiger partial charge in [-0.25, -0.2) is 0 Å². The summed E-state index contributed by atoms with van der Waals surface area (Å²) < 4.78 is 0. The smallest absolute Gasteiger partial charge is 0.0517 e. The second-order valence-electron chi connectivity index (χ2n) is 3.54. The van der Waals surface area contributed by atoms with Crippen LogP contribution >= 0.6 is 11.6 Å². The number of hydrogen-bond donors (Lipinski definition) is 1. The van der Waals surface area contributed by atoms with Crippen LogP contribution in [-0.4, -0.2) is 10.4 Å². The van der Waals surface area contributed by atoms with Crippen molar-refractivity contribution in [2.45, 2.75) is 33.1 Å². The fourth-order valence-electron chi connectivity index (χ4n) is 1.26. The van der Waals surface area contributed by atoms with Gasteiger partial charge in [0.2, 0.25) is 0 Å². The van der Waals surface area contributed by atoms with E-state index in [1.165, 1.54) is 22.5 Å². The zero-order chi connectivity index (χ0) is 10.0. The molecule has 0 spiro atoms. The number of allylic oxidation sites excluding steroid dienone is 1. The highest BCUT2D eigenvalue weighted by molar-refractivity contribution is 6.22. The lowest BCUT2D eigenvalue weighted by molar-refractivity contribution is 1.12. The maximum atomic E-state index is 5.96. The van der Waals surface area contributed by atoms with Crippen molar-refractivity contribution in [3.05, 3.63) is 28.6 Å². The van der Waals surface area contributed by atoms with Crippen molar-refractivity contribution >= 4 is 17.7 Å². The molecule has 1 heterocycles. The lowest BCUT2D eigenvalue weighted by Gasteiger charge is -2.01. The normalized spacial score (nSPS) is 14.7. The third-order valence-electron chi connectivity index (χ3n) is 2.20. The van der Waals surface area contributed by atoms with Crippen LogP contribution < -0.4 is 0 Å². The zero-order valence-corrected chi connectivity index (χ0v) is 9.37. The predicted molar refractivity (Wildman–Crippen MR) is 59.2 cm³/mol. The molecule has 1 aromatic rings. The topological polar surface area (TPSA) is 15.8 Å². The Morgan fingerprint density at radius 3 is 2.54 bits per heavy atom. The van der Waals surface area contributed by atoms with Gasteiger partial charge in [0.25, 0.3) is 0 Å². The monoisotopic (exact) mass is 197 g/mol. The quantitative estimate of drug-likeness (QED) is 0.697. The first-order valence-electron chi connectivity index (χ1n) is 4.49. The molecule has 72 valence electrons. The maximum Gasteiger partial charge on any atom is 0.0517 e. The number of hydrogen-bond acceptors (Lipinski definition) is 0. The van der Waals surface area contributed by atoms with Crippen LogP contribution in [0.15, 0.2) is 11.6 Å². The standard InChI is InChI=1S/C11H16ClN/c1-7(9(3)12)5-11-6-8(2)13-10(11)4/h5-6,9,13H,1-4H3/b7-5+. The number of aryl methyl sites for hydroxylation is 2. The summed E-state index contributed by atoms with van der Waals surface area (Å²) >= 11 is 5.96. The minimum atomic E-state index is 0.106. The van der Waals surface area contributed by atoms with Crippen LogP contribution in [0.5, 0.6) is 0 Å². The van der Waals surface area contributed by atoms with Crippen molar-refractivity contribution in [3.63, 3.8) is 0 Å².